The zero-order valence-electron chi connectivity index (χ0n) is 18.4. The van der Waals surface area contributed by atoms with E-state index in [1.54, 1.807) is 0 Å². The zero-order valence-corrected chi connectivity index (χ0v) is 19.3. The van der Waals surface area contributed by atoms with Crippen molar-refractivity contribution in [3.05, 3.63) is 30.1 Å². The van der Waals surface area contributed by atoms with Gasteiger partial charge in [0.1, 0.15) is 6.54 Å². The molecule has 1 N–H and O–H groups in total. The van der Waals surface area contributed by atoms with E-state index >= 15 is 0 Å². The van der Waals surface area contributed by atoms with Gasteiger partial charge in [0.05, 0.1) is 24.5 Å². The normalized spacial score (nSPS) is 12.4. The summed E-state index contributed by atoms with van der Waals surface area (Å²) in [7, 11) is -3.94. The molecule has 0 bridgehead atoms. The van der Waals surface area contributed by atoms with Crippen molar-refractivity contribution in [1.82, 2.24) is 0 Å². The number of aromatic nitrogens is 1. The molecule has 0 aliphatic carbocycles. The van der Waals surface area contributed by atoms with Crippen molar-refractivity contribution < 1.29 is 27.0 Å². The Morgan fingerprint density at radius 1 is 0.966 bits per heavy atom. The topological polar surface area (TPSA) is 76.7 Å². The minimum atomic E-state index is -3.94. The third kappa shape index (κ3) is 11.7. The number of rotatable bonds is 17. The minimum absolute atomic E-state index is 0.247. The van der Waals surface area contributed by atoms with Crippen molar-refractivity contribution in [3.63, 3.8) is 0 Å². The molecule has 1 rings (SSSR count). The highest BCUT2D eigenvalue weighted by atomic mass is 32.2. The van der Waals surface area contributed by atoms with E-state index in [0.717, 1.165) is 31.2 Å². The van der Waals surface area contributed by atoms with Crippen LogP contribution in [0.1, 0.15) is 84.1 Å². The first-order valence-corrected chi connectivity index (χ1v) is 12.6. The molecule has 0 aromatic carbocycles. The van der Waals surface area contributed by atoms with Gasteiger partial charge in [-0.2, -0.15) is 8.42 Å². The highest BCUT2D eigenvalue weighted by Crippen LogP contribution is 2.27. The molecule has 0 saturated carbocycles. The lowest BCUT2D eigenvalue weighted by Crippen LogP contribution is -2.38. The van der Waals surface area contributed by atoms with Crippen molar-refractivity contribution in [2.24, 2.45) is 0 Å². The molecule has 0 radical (unpaired) electrons. The fraction of sp³-hybridized carbons (Fsp3) is 0.773. The van der Waals surface area contributed by atoms with Crippen LogP contribution in [0.25, 0.3) is 0 Å². The van der Waals surface area contributed by atoms with Crippen molar-refractivity contribution in [1.29, 1.82) is 0 Å². The van der Waals surface area contributed by atoms with Gasteiger partial charge in [-0.05, 0) is 25.8 Å². The molecule has 0 saturated heterocycles. The fourth-order valence-electron chi connectivity index (χ4n) is 3.16. The Bertz CT molecular complexity index is 649. The lowest BCUT2D eigenvalue weighted by molar-refractivity contribution is -0.697. The molecule has 0 spiro atoms. The Morgan fingerprint density at radius 3 is 2.07 bits per heavy atom. The van der Waals surface area contributed by atoms with Gasteiger partial charge >= 0.3 is 0 Å². The number of hydrogen-bond acceptors (Lipinski definition) is 4. The molecule has 6 nitrogen and oxygen atoms in total. The van der Waals surface area contributed by atoms with E-state index in [1.807, 2.05) is 36.0 Å². The summed E-state index contributed by atoms with van der Waals surface area (Å²) in [6, 6.07) is 3.90. The summed E-state index contributed by atoms with van der Waals surface area (Å²) in [5.41, 5.74) is 0.915. The van der Waals surface area contributed by atoms with Crippen LogP contribution >= 0.6 is 0 Å². The van der Waals surface area contributed by atoms with Gasteiger partial charge in [0.25, 0.3) is 10.1 Å². The highest BCUT2D eigenvalue weighted by Gasteiger charge is 2.31. The van der Waals surface area contributed by atoms with Crippen LogP contribution in [-0.4, -0.2) is 31.9 Å². The molecule has 0 aliphatic rings. The minimum Gasteiger partial charge on any atom is -0.346 e. The molecule has 0 aliphatic heterocycles. The smallest absolute Gasteiger partial charge is 0.265 e. The lowest BCUT2D eigenvalue weighted by Gasteiger charge is -2.29. The molecule has 0 amide bonds. The third-order valence-electron chi connectivity index (χ3n) is 4.95. The van der Waals surface area contributed by atoms with E-state index in [-0.39, 0.29) is 5.75 Å². The Kier molecular flexibility index (Phi) is 12.6. The van der Waals surface area contributed by atoms with Crippen molar-refractivity contribution in [2.45, 2.75) is 90.9 Å². The van der Waals surface area contributed by atoms with Gasteiger partial charge < -0.3 is 9.47 Å². The van der Waals surface area contributed by atoms with E-state index in [1.165, 1.54) is 25.7 Å². The summed E-state index contributed by atoms with van der Waals surface area (Å²) in [6.07, 6.45) is 13.3. The molecule has 0 fully saturated rings. The van der Waals surface area contributed by atoms with E-state index < -0.39 is 15.9 Å². The fourth-order valence-corrected chi connectivity index (χ4v) is 3.65. The maximum absolute atomic E-state index is 10.9. The number of aryl methyl sites for hydroxylation is 1. The lowest BCUT2D eigenvalue weighted by atomic mass is 10.1. The Morgan fingerprint density at radius 2 is 1.55 bits per heavy atom. The molecule has 1 heterocycles. The zero-order chi connectivity index (χ0) is 21.6. The van der Waals surface area contributed by atoms with E-state index in [9.17, 15) is 8.42 Å². The van der Waals surface area contributed by atoms with Gasteiger partial charge in [0.2, 0.25) is 0 Å². The molecule has 29 heavy (non-hydrogen) atoms. The first kappa shape index (κ1) is 26.0. The SMILES string of the molecule is CCCCCCOC(C)(OCCCCCC)c1ccc[n+](CCCS(=O)(=O)O)c1. The van der Waals surface area contributed by atoms with E-state index in [4.69, 9.17) is 14.0 Å². The van der Waals surface area contributed by atoms with Crippen LogP contribution < -0.4 is 4.57 Å². The number of unbranched alkanes of at least 4 members (excludes halogenated alkanes) is 6. The maximum Gasteiger partial charge on any atom is 0.265 e. The van der Waals surface area contributed by atoms with Crippen molar-refractivity contribution in [3.8, 4) is 0 Å². The van der Waals surface area contributed by atoms with Gasteiger partial charge in [-0.25, -0.2) is 4.57 Å². The van der Waals surface area contributed by atoms with Gasteiger partial charge in [0.15, 0.2) is 18.2 Å². The van der Waals surface area contributed by atoms with E-state index in [0.29, 0.717) is 26.2 Å². The van der Waals surface area contributed by atoms with Gasteiger partial charge in [-0.15, -0.1) is 0 Å². The second kappa shape index (κ2) is 14.1. The van der Waals surface area contributed by atoms with Crippen LogP contribution in [0.2, 0.25) is 0 Å². The van der Waals surface area contributed by atoms with Gasteiger partial charge in [-0.3, -0.25) is 4.55 Å². The predicted octanol–water partition coefficient (Wildman–Crippen LogP) is 4.62. The number of hydrogen-bond donors (Lipinski definition) is 1. The Balaban J connectivity index is 2.76. The second-order valence-electron chi connectivity index (χ2n) is 7.73. The van der Waals surface area contributed by atoms with Crippen molar-refractivity contribution in [2.75, 3.05) is 19.0 Å². The highest BCUT2D eigenvalue weighted by molar-refractivity contribution is 7.85. The van der Waals surface area contributed by atoms with Crippen LogP contribution in [0.3, 0.4) is 0 Å². The van der Waals surface area contributed by atoms with Crippen LogP contribution in [0.4, 0.5) is 0 Å². The molecule has 0 atom stereocenters. The largest absolute Gasteiger partial charge is 0.346 e. The molecular formula is C22H40NO5S+. The maximum atomic E-state index is 10.9. The summed E-state index contributed by atoms with van der Waals surface area (Å²) >= 11 is 0. The summed E-state index contributed by atoms with van der Waals surface area (Å²) in [6.45, 7) is 8.12. The summed E-state index contributed by atoms with van der Waals surface area (Å²) in [4.78, 5) is 0. The molecule has 1 aromatic rings. The third-order valence-corrected chi connectivity index (χ3v) is 5.76. The summed E-state index contributed by atoms with van der Waals surface area (Å²) in [5, 5.41) is 0. The quantitative estimate of drug-likeness (QED) is 0.169. The standard InChI is InChI=1S/C22H39NO5S/c1-4-6-8-10-17-27-22(3,28-18-11-9-7-5-2)21-14-12-15-23(20-21)16-13-19-29(24,25)26/h12,14-15,20H,4-11,13,16-19H2,1-3H3/p+1. The molecule has 1 aromatic heterocycles. The molecule has 0 unspecified atom stereocenters. The van der Waals surface area contributed by atoms with Crippen LogP contribution in [0.15, 0.2) is 24.5 Å². The number of pyridine rings is 1. The van der Waals surface area contributed by atoms with Crippen LogP contribution in [0, 0.1) is 0 Å². The predicted molar refractivity (Wildman–Crippen MR) is 115 cm³/mol. The molecular weight excluding hydrogens is 390 g/mol. The van der Waals surface area contributed by atoms with Gasteiger partial charge in [-0.1, -0.05) is 52.4 Å². The number of ether oxygens (including phenoxy) is 2. The second-order valence-corrected chi connectivity index (χ2v) is 9.31. The first-order valence-electron chi connectivity index (χ1n) is 11.0. The average Bonchev–Trinajstić information content (AvgIpc) is 2.67. The first-order chi connectivity index (χ1) is 13.8. The Hall–Kier alpha value is -1.02. The Labute approximate surface area is 177 Å². The van der Waals surface area contributed by atoms with Crippen molar-refractivity contribution >= 4 is 10.1 Å². The van der Waals surface area contributed by atoms with Crippen LogP contribution in [-0.2, 0) is 31.9 Å². The molecule has 7 heteroatoms. The van der Waals surface area contributed by atoms with E-state index in [2.05, 4.69) is 13.8 Å². The molecule has 168 valence electrons. The van der Waals surface area contributed by atoms with Gasteiger partial charge in [0, 0.05) is 12.5 Å². The van der Waals surface area contributed by atoms with Crippen LogP contribution in [0.5, 0.6) is 0 Å². The number of nitrogens with zero attached hydrogens (tertiary/aromatic N) is 1. The average molecular weight is 431 g/mol. The monoisotopic (exact) mass is 430 g/mol. The summed E-state index contributed by atoms with van der Waals surface area (Å²) < 4.78 is 45.1. The summed E-state index contributed by atoms with van der Waals surface area (Å²) in [5.74, 6) is -1.08.